The number of para-hydroxylation sites is 1. The smallest absolute Gasteiger partial charge is 0.306 e. The van der Waals surface area contributed by atoms with Crippen LogP contribution in [0.3, 0.4) is 0 Å². The third kappa shape index (κ3) is 4.47. The molecule has 0 aliphatic carbocycles. The second kappa shape index (κ2) is 7.99. The zero-order chi connectivity index (χ0) is 16.8. The van der Waals surface area contributed by atoms with Gasteiger partial charge in [-0.25, -0.2) is 0 Å². The van der Waals surface area contributed by atoms with Gasteiger partial charge in [0, 0.05) is 13.1 Å². The van der Waals surface area contributed by atoms with Crippen LogP contribution in [-0.2, 0) is 9.59 Å². The molecule has 5 heteroatoms. The predicted octanol–water partition coefficient (Wildman–Crippen LogP) is 2.90. The van der Waals surface area contributed by atoms with E-state index in [1.165, 1.54) is 0 Å². The summed E-state index contributed by atoms with van der Waals surface area (Å²) >= 11 is 0. The number of benzene rings is 1. The van der Waals surface area contributed by atoms with Crippen molar-refractivity contribution in [3.8, 4) is 5.75 Å². The van der Waals surface area contributed by atoms with Gasteiger partial charge >= 0.3 is 5.97 Å². The summed E-state index contributed by atoms with van der Waals surface area (Å²) in [5.74, 6) is -0.0297. The van der Waals surface area contributed by atoms with Crippen LogP contribution in [0.5, 0.6) is 5.75 Å². The van der Waals surface area contributed by atoms with E-state index in [-0.39, 0.29) is 18.4 Å². The Bertz CT molecular complexity index is 550. The Labute approximate surface area is 137 Å². The van der Waals surface area contributed by atoms with Gasteiger partial charge in [-0.05, 0) is 36.8 Å². The monoisotopic (exact) mass is 319 g/mol. The average Bonchev–Trinajstić information content (AvgIpc) is 2.59. The van der Waals surface area contributed by atoms with E-state index in [0.717, 1.165) is 17.7 Å². The summed E-state index contributed by atoms with van der Waals surface area (Å²) in [5, 5.41) is 8.99. The molecule has 1 fully saturated rings. The first kappa shape index (κ1) is 17.3. The van der Waals surface area contributed by atoms with E-state index < -0.39 is 5.97 Å². The van der Waals surface area contributed by atoms with E-state index in [0.29, 0.717) is 31.8 Å². The van der Waals surface area contributed by atoms with Gasteiger partial charge in [0.15, 0.2) is 6.61 Å². The van der Waals surface area contributed by atoms with Gasteiger partial charge in [0.25, 0.3) is 5.91 Å². The van der Waals surface area contributed by atoms with Crippen molar-refractivity contribution in [1.82, 2.24) is 4.90 Å². The number of aliphatic carboxylic acids is 1. The molecule has 1 aliphatic rings. The zero-order valence-electron chi connectivity index (χ0n) is 13.8. The van der Waals surface area contributed by atoms with Crippen LogP contribution in [-0.4, -0.2) is 41.6 Å². The molecular formula is C18H25NO4. The second-order valence-corrected chi connectivity index (χ2v) is 6.13. The summed E-state index contributed by atoms with van der Waals surface area (Å²) in [6.07, 6.45) is 2.05. The minimum Gasteiger partial charge on any atom is -0.483 e. The lowest BCUT2D eigenvalue weighted by Crippen LogP contribution is -2.42. The number of hydrogen-bond donors (Lipinski definition) is 1. The number of likely N-dealkylation sites (tertiary alicyclic amines) is 1. The maximum absolute atomic E-state index is 12.3. The van der Waals surface area contributed by atoms with Crippen LogP contribution >= 0.6 is 0 Å². The van der Waals surface area contributed by atoms with E-state index in [1.54, 1.807) is 4.90 Å². The maximum Gasteiger partial charge on any atom is 0.306 e. The van der Waals surface area contributed by atoms with Gasteiger partial charge in [-0.3, -0.25) is 9.59 Å². The lowest BCUT2D eigenvalue weighted by molar-refractivity contribution is -0.146. The summed E-state index contributed by atoms with van der Waals surface area (Å²) in [4.78, 5) is 24.9. The topological polar surface area (TPSA) is 66.8 Å². The number of piperidine rings is 1. The van der Waals surface area contributed by atoms with Crippen molar-refractivity contribution in [1.29, 1.82) is 0 Å². The minimum absolute atomic E-state index is 0.00514. The Balaban J connectivity index is 1.89. The van der Waals surface area contributed by atoms with Crippen LogP contribution in [0.1, 0.15) is 44.6 Å². The fraction of sp³-hybridized carbons (Fsp3) is 0.556. The van der Waals surface area contributed by atoms with Crippen molar-refractivity contribution in [3.05, 3.63) is 29.8 Å². The van der Waals surface area contributed by atoms with Gasteiger partial charge in [-0.2, -0.15) is 0 Å². The average molecular weight is 319 g/mol. The quantitative estimate of drug-likeness (QED) is 0.875. The van der Waals surface area contributed by atoms with Crippen molar-refractivity contribution < 1.29 is 19.4 Å². The largest absolute Gasteiger partial charge is 0.483 e. The fourth-order valence-corrected chi connectivity index (χ4v) is 2.85. The molecule has 0 spiro atoms. The lowest BCUT2D eigenvalue weighted by atomic mass is 9.97. The van der Waals surface area contributed by atoms with E-state index >= 15 is 0 Å². The Morgan fingerprint density at radius 3 is 2.57 bits per heavy atom. The van der Waals surface area contributed by atoms with Crippen LogP contribution in [0, 0.1) is 5.92 Å². The highest BCUT2D eigenvalue weighted by Crippen LogP contribution is 2.28. The molecule has 23 heavy (non-hydrogen) atoms. The number of rotatable bonds is 6. The SMILES string of the molecule is CCC(C)c1ccccc1OCC(=O)N1CCC(C(=O)O)CC1. The standard InChI is InChI=1S/C18H25NO4/c1-3-13(2)15-6-4-5-7-16(15)23-12-17(20)19-10-8-14(9-11-19)18(21)22/h4-7,13-14H,3,8-12H2,1-2H3,(H,21,22). The maximum atomic E-state index is 12.3. The summed E-state index contributed by atoms with van der Waals surface area (Å²) in [6, 6.07) is 7.81. The Hall–Kier alpha value is -2.04. The molecule has 0 radical (unpaired) electrons. The first-order valence-electron chi connectivity index (χ1n) is 8.25. The second-order valence-electron chi connectivity index (χ2n) is 6.13. The van der Waals surface area contributed by atoms with Crippen molar-refractivity contribution in [3.63, 3.8) is 0 Å². The molecule has 0 saturated carbocycles. The Kier molecular flexibility index (Phi) is 6.02. The highest BCUT2D eigenvalue weighted by molar-refractivity contribution is 5.78. The number of nitrogens with zero attached hydrogens (tertiary/aromatic N) is 1. The normalized spacial score (nSPS) is 16.9. The number of hydrogen-bond acceptors (Lipinski definition) is 3. The highest BCUT2D eigenvalue weighted by Gasteiger charge is 2.27. The van der Waals surface area contributed by atoms with Crippen LogP contribution in [0.2, 0.25) is 0 Å². The molecule has 5 nitrogen and oxygen atoms in total. The molecule has 0 bridgehead atoms. The summed E-state index contributed by atoms with van der Waals surface area (Å²) < 4.78 is 5.74. The molecule has 2 rings (SSSR count). The Morgan fingerprint density at radius 1 is 1.30 bits per heavy atom. The molecule has 126 valence electrons. The molecule has 1 heterocycles. The van der Waals surface area contributed by atoms with Gasteiger partial charge in [0.2, 0.25) is 0 Å². The highest BCUT2D eigenvalue weighted by atomic mass is 16.5. The number of ether oxygens (including phenoxy) is 1. The number of carbonyl (C=O) groups is 2. The predicted molar refractivity (Wildman–Crippen MR) is 87.6 cm³/mol. The van der Waals surface area contributed by atoms with Gasteiger partial charge in [-0.15, -0.1) is 0 Å². The van der Waals surface area contributed by atoms with E-state index in [2.05, 4.69) is 13.8 Å². The lowest BCUT2D eigenvalue weighted by Gasteiger charge is -2.30. The summed E-state index contributed by atoms with van der Waals surface area (Å²) in [7, 11) is 0. The number of carbonyl (C=O) groups excluding carboxylic acids is 1. The van der Waals surface area contributed by atoms with Crippen molar-refractivity contribution in [2.24, 2.45) is 5.92 Å². The molecule has 0 aromatic heterocycles. The number of amides is 1. The van der Waals surface area contributed by atoms with Crippen LogP contribution < -0.4 is 4.74 Å². The van der Waals surface area contributed by atoms with E-state index in [9.17, 15) is 9.59 Å². The first-order chi connectivity index (χ1) is 11.0. The van der Waals surface area contributed by atoms with Gasteiger partial charge in [0.05, 0.1) is 5.92 Å². The zero-order valence-corrected chi connectivity index (χ0v) is 13.8. The van der Waals surface area contributed by atoms with Crippen molar-refractivity contribution in [2.75, 3.05) is 19.7 Å². The summed E-state index contributed by atoms with van der Waals surface area (Å²) in [5.41, 5.74) is 1.12. The molecule has 1 atom stereocenters. The molecule has 1 amide bonds. The molecule has 1 aromatic carbocycles. The van der Waals surface area contributed by atoms with Crippen molar-refractivity contribution >= 4 is 11.9 Å². The van der Waals surface area contributed by atoms with Gasteiger partial charge < -0.3 is 14.7 Å². The molecule has 1 N–H and O–H groups in total. The Morgan fingerprint density at radius 2 is 1.96 bits per heavy atom. The third-order valence-corrected chi connectivity index (χ3v) is 4.61. The number of carboxylic acids is 1. The molecule has 1 saturated heterocycles. The van der Waals surface area contributed by atoms with E-state index in [4.69, 9.17) is 9.84 Å². The van der Waals surface area contributed by atoms with E-state index in [1.807, 2.05) is 24.3 Å². The fourth-order valence-electron chi connectivity index (χ4n) is 2.85. The van der Waals surface area contributed by atoms with Crippen LogP contribution in [0.4, 0.5) is 0 Å². The molecular weight excluding hydrogens is 294 g/mol. The first-order valence-corrected chi connectivity index (χ1v) is 8.25. The van der Waals surface area contributed by atoms with Crippen molar-refractivity contribution in [2.45, 2.75) is 39.0 Å². The van der Waals surface area contributed by atoms with Gasteiger partial charge in [-0.1, -0.05) is 32.0 Å². The molecule has 1 aromatic rings. The van der Waals surface area contributed by atoms with Crippen LogP contribution in [0.25, 0.3) is 0 Å². The molecule has 1 aliphatic heterocycles. The third-order valence-electron chi connectivity index (χ3n) is 4.61. The molecule has 1 unspecified atom stereocenters. The number of carboxylic acid groups (broad SMARTS) is 1. The van der Waals surface area contributed by atoms with Gasteiger partial charge in [0.1, 0.15) is 5.75 Å². The minimum atomic E-state index is -0.768. The summed E-state index contributed by atoms with van der Waals surface area (Å²) in [6.45, 7) is 5.25. The van der Waals surface area contributed by atoms with Crippen LogP contribution in [0.15, 0.2) is 24.3 Å².